The number of phosphoric acid groups is 1. The van der Waals surface area contributed by atoms with Crippen molar-refractivity contribution in [2.24, 2.45) is 0 Å². The van der Waals surface area contributed by atoms with E-state index in [1.165, 1.54) is 77.0 Å². The van der Waals surface area contributed by atoms with Crippen molar-refractivity contribution in [3.63, 3.8) is 0 Å². The normalized spacial score (nSPS) is 14.2. The molecule has 0 saturated heterocycles. The summed E-state index contributed by atoms with van der Waals surface area (Å²) in [6, 6.07) is 0. The number of likely N-dealkylation sites (N-methyl/N-ethyl adjacent to an activating group) is 1. The van der Waals surface area contributed by atoms with E-state index in [4.69, 9.17) is 18.5 Å². The van der Waals surface area contributed by atoms with Gasteiger partial charge in [0.15, 0.2) is 6.10 Å². The van der Waals surface area contributed by atoms with Crippen molar-refractivity contribution < 1.29 is 42.1 Å². The molecule has 476 valence electrons. The number of ether oxygens (including phenoxy) is 2. The molecule has 0 heterocycles. The van der Waals surface area contributed by atoms with Gasteiger partial charge in [0.2, 0.25) is 0 Å². The van der Waals surface area contributed by atoms with E-state index < -0.39 is 32.5 Å². The Hall–Kier alpha value is -4.37. The van der Waals surface area contributed by atoms with Crippen LogP contribution in [0.4, 0.5) is 0 Å². The van der Waals surface area contributed by atoms with Gasteiger partial charge in [-0.05, 0) is 128 Å². The molecule has 0 rings (SSSR count). The lowest BCUT2D eigenvalue weighted by Gasteiger charge is -2.28. The molecule has 0 N–H and O–H groups in total. The molecule has 0 aliphatic heterocycles. The van der Waals surface area contributed by atoms with Gasteiger partial charge in [0.1, 0.15) is 19.8 Å². The molecule has 0 saturated carbocycles. The average molecular weight is 1180 g/mol. The molecular formula is C74H122NO8P. The van der Waals surface area contributed by atoms with Crippen LogP contribution in [0.5, 0.6) is 0 Å². The zero-order valence-electron chi connectivity index (χ0n) is 54.0. The quantitative estimate of drug-likeness (QED) is 0.0195. The van der Waals surface area contributed by atoms with Gasteiger partial charge in [-0.1, -0.05) is 262 Å². The lowest BCUT2D eigenvalue weighted by Crippen LogP contribution is -2.37. The maximum atomic E-state index is 12.8. The third-order valence-electron chi connectivity index (χ3n) is 13.5. The van der Waals surface area contributed by atoms with Crippen molar-refractivity contribution in [3.8, 4) is 0 Å². The summed E-state index contributed by atoms with van der Waals surface area (Å²) in [6.45, 7) is 4.07. The SMILES string of the molecule is CC/C=C\C/C=C\C/C=C\C/C=C\C/C=C\C/C=C\C/C=C\C/C=C\C/C=C\C/C=C\CCCCCCC(=O)OC(COC(=O)CCCCCCCCCCCC/C=C\C/C=C\C/C=C\CCCCCCC)COP(=O)([O-])OCC[N+](C)(C)C. The molecule has 84 heavy (non-hydrogen) atoms. The first kappa shape index (κ1) is 79.6. The van der Waals surface area contributed by atoms with E-state index in [0.29, 0.717) is 23.9 Å². The van der Waals surface area contributed by atoms with Crippen molar-refractivity contribution in [2.75, 3.05) is 47.5 Å². The highest BCUT2D eigenvalue weighted by atomic mass is 31.2. The number of allylic oxidation sites excluding steroid dienone is 26. The van der Waals surface area contributed by atoms with E-state index in [1.807, 2.05) is 21.1 Å². The molecule has 0 aromatic rings. The summed E-state index contributed by atoms with van der Waals surface area (Å²) in [6.07, 6.45) is 94.4. The van der Waals surface area contributed by atoms with Crippen molar-refractivity contribution in [1.82, 2.24) is 0 Å². The molecule has 0 aromatic heterocycles. The smallest absolute Gasteiger partial charge is 0.306 e. The molecule has 0 aromatic carbocycles. The topological polar surface area (TPSA) is 111 Å². The summed E-state index contributed by atoms with van der Waals surface area (Å²) in [5, 5.41) is 0. The van der Waals surface area contributed by atoms with Gasteiger partial charge in [-0.25, -0.2) is 0 Å². The minimum atomic E-state index is -4.66. The summed E-state index contributed by atoms with van der Waals surface area (Å²) in [7, 11) is 1.12. The first-order chi connectivity index (χ1) is 41.0. The highest BCUT2D eigenvalue weighted by Gasteiger charge is 2.22. The Morgan fingerprint density at radius 1 is 0.381 bits per heavy atom. The Labute approximate surface area is 516 Å². The molecule has 0 amide bonds. The van der Waals surface area contributed by atoms with Crippen LogP contribution in [0.25, 0.3) is 0 Å². The molecule has 0 spiro atoms. The van der Waals surface area contributed by atoms with Crippen LogP contribution in [0.3, 0.4) is 0 Å². The highest BCUT2D eigenvalue weighted by Crippen LogP contribution is 2.38. The van der Waals surface area contributed by atoms with Crippen molar-refractivity contribution in [1.29, 1.82) is 0 Å². The Morgan fingerprint density at radius 3 is 1.01 bits per heavy atom. The summed E-state index contributed by atoms with van der Waals surface area (Å²) in [5.74, 6) is -0.876. The van der Waals surface area contributed by atoms with Crippen LogP contribution in [-0.2, 0) is 32.7 Å². The van der Waals surface area contributed by atoms with Crippen LogP contribution in [-0.4, -0.2) is 70.0 Å². The summed E-state index contributed by atoms with van der Waals surface area (Å²) in [4.78, 5) is 38.0. The largest absolute Gasteiger partial charge is 0.756 e. The van der Waals surface area contributed by atoms with E-state index >= 15 is 0 Å². The maximum absolute atomic E-state index is 12.8. The van der Waals surface area contributed by atoms with Gasteiger partial charge in [-0.2, -0.15) is 0 Å². The third kappa shape index (κ3) is 66.8. The summed E-state index contributed by atoms with van der Waals surface area (Å²) >= 11 is 0. The number of hydrogen-bond acceptors (Lipinski definition) is 8. The molecular weight excluding hydrogens is 1060 g/mol. The molecule has 9 nitrogen and oxygen atoms in total. The lowest BCUT2D eigenvalue weighted by atomic mass is 10.1. The van der Waals surface area contributed by atoms with Crippen LogP contribution in [0.15, 0.2) is 158 Å². The first-order valence-corrected chi connectivity index (χ1v) is 34.7. The van der Waals surface area contributed by atoms with Gasteiger partial charge >= 0.3 is 11.9 Å². The van der Waals surface area contributed by atoms with Crippen molar-refractivity contribution >= 4 is 19.8 Å². The van der Waals surface area contributed by atoms with Crippen LogP contribution < -0.4 is 4.89 Å². The van der Waals surface area contributed by atoms with Gasteiger partial charge in [0.05, 0.1) is 27.7 Å². The van der Waals surface area contributed by atoms with E-state index in [9.17, 15) is 19.0 Å². The monoisotopic (exact) mass is 1180 g/mol. The zero-order valence-corrected chi connectivity index (χ0v) is 54.9. The predicted octanol–water partition coefficient (Wildman–Crippen LogP) is 21.0. The molecule has 2 atom stereocenters. The maximum Gasteiger partial charge on any atom is 0.306 e. The number of nitrogens with zero attached hydrogens (tertiary/aromatic N) is 1. The Balaban J connectivity index is 4.23. The van der Waals surface area contributed by atoms with Gasteiger partial charge in [-0.15, -0.1) is 0 Å². The van der Waals surface area contributed by atoms with Gasteiger partial charge in [0.25, 0.3) is 7.82 Å². The second-order valence-corrected chi connectivity index (χ2v) is 24.2. The van der Waals surface area contributed by atoms with Crippen LogP contribution in [0, 0.1) is 0 Å². The third-order valence-corrected chi connectivity index (χ3v) is 14.5. The molecule has 0 radical (unpaired) electrons. The van der Waals surface area contributed by atoms with Gasteiger partial charge < -0.3 is 27.9 Å². The minimum Gasteiger partial charge on any atom is -0.756 e. The van der Waals surface area contributed by atoms with Crippen molar-refractivity contribution in [3.05, 3.63) is 158 Å². The number of carbonyl (C=O) groups is 2. The molecule has 0 fully saturated rings. The Kier molecular flexibility index (Phi) is 59.9. The Morgan fingerprint density at radius 2 is 0.679 bits per heavy atom. The van der Waals surface area contributed by atoms with Gasteiger partial charge in [-0.3, -0.25) is 14.2 Å². The molecule has 0 aliphatic carbocycles. The number of hydrogen-bond donors (Lipinski definition) is 0. The molecule has 0 aliphatic rings. The van der Waals surface area contributed by atoms with E-state index in [2.05, 4.69) is 172 Å². The van der Waals surface area contributed by atoms with E-state index in [0.717, 1.165) is 128 Å². The van der Waals surface area contributed by atoms with E-state index in [-0.39, 0.29) is 26.1 Å². The summed E-state index contributed by atoms with van der Waals surface area (Å²) in [5.41, 5.74) is 0. The summed E-state index contributed by atoms with van der Waals surface area (Å²) < 4.78 is 34.2. The molecule has 10 heteroatoms. The predicted molar refractivity (Wildman–Crippen MR) is 360 cm³/mol. The fourth-order valence-electron chi connectivity index (χ4n) is 8.46. The number of carbonyl (C=O) groups excluding carboxylic acids is 2. The first-order valence-electron chi connectivity index (χ1n) is 33.2. The average Bonchev–Trinajstić information content (AvgIpc) is 3.61. The number of quaternary nitrogens is 1. The van der Waals surface area contributed by atoms with Crippen LogP contribution in [0.1, 0.15) is 245 Å². The zero-order chi connectivity index (χ0) is 61.2. The Bertz CT molecular complexity index is 1970. The number of phosphoric ester groups is 1. The number of rotatable bonds is 59. The molecule has 2 unspecified atom stereocenters. The molecule has 0 bridgehead atoms. The van der Waals surface area contributed by atoms with E-state index in [1.54, 1.807) is 0 Å². The van der Waals surface area contributed by atoms with Crippen molar-refractivity contribution in [2.45, 2.75) is 251 Å². The highest BCUT2D eigenvalue weighted by molar-refractivity contribution is 7.45. The second kappa shape index (κ2) is 63.1. The fourth-order valence-corrected chi connectivity index (χ4v) is 9.18. The van der Waals surface area contributed by atoms with Crippen LogP contribution in [0.2, 0.25) is 0 Å². The second-order valence-electron chi connectivity index (χ2n) is 22.7. The number of esters is 2. The lowest BCUT2D eigenvalue weighted by molar-refractivity contribution is -0.870. The minimum absolute atomic E-state index is 0.0456. The van der Waals surface area contributed by atoms with Gasteiger partial charge in [0, 0.05) is 12.8 Å². The fraction of sp³-hybridized carbons (Fsp3) is 0.622. The van der Waals surface area contributed by atoms with Crippen LogP contribution >= 0.6 is 7.82 Å². The standard InChI is InChI=1S/C74H122NO8P/c1-6-8-10-12-14-16-18-20-22-24-26-28-30-32-33-34-35-36-37-38-39-40-41-43-45-47-49-51-53-55-57-59-61-63-65-67-74(77)83-72(71-82-84(78,79)81-69-68-75(3,4)5)70-80-73(76)66-64-62-60-58-56-54-52-50-48-46-44-42-31-29-27-25-23-21-19-17-15-13-11-9-7-2/h8,10,14,16,19-22,25-28,31-33,35-36,38-39,41-43,47,49,53,55,72H,6-7,9,11-13,15,17-18,23-24,29-30,34,37,40,44-46,48,50-52,54,56-71H2,1-5H3/b10-8-,16-14-,21-19-,22-20-,27-25-,28-26-,33-32-,36-35-,39-38-,42-31-,43-41-,49-47-,55-53-. The number of unbranched alkanes of at least 4 members (excludes halogenated alkanes) is 19.